The van der Waals surface area contributed by atoms with Crippen molar-refractivity contribution >= 4 is 59.8 Å². The van der Waals surface area contributed by atoms with E-state index in [1.54, 1.807) is 46.4 Å². The lowest BCUT2D eigenvalue weighted by molar-refractivity contribution is -0.158. The zero-order valence-corrected chi connectivity index (χ0v) is 55.5. The number of ketones is 2. The molecule has 4 heterocycles. The smallest absolute Gasteiger partial charge is 0.411 e. The zero-order chi connectivity index (χ0) is 66.7. The Labute approximate surface area is 531 Å². The van der Waals surface area contributed by atoms with Gasteiger partial charge >= 0.3 is 48.3 Å². The molecule has 4 saturated heterocycles. The van der Waals surface area contributed by atoms with Gasteiger partial charge in [0.2, 0.25) is 0 Å². The average molecular weight is 1270 g/mol. The number of carbonyl (C=O) groups is 10. The molecular formula is C66H104N6O18. The van der Waals surface area contributed by atoms with Crippen molar-refractivity contribution in [1.29, 1.82) is 0 Å². The van der Waals surface area contributed by atoms with E-state index in [1.165, 1.54) is 15.4 Å². The largest absolute Gasteiger partial charge is 0.480 e. The number of nitrogens with one attached hydrogen (secondary N) is 1. The summed E-state index contributed by atoms with van der Waals surface area (Å²) < 4.78 is 38.2. The summed E-state index contributed by atoms with van der Waals surface area (Å²) in [7, 11) is 0. The molecule has 4 aliphatic heterocycles. The Hall–Kier alpha value is -6.56. The number of esters is 3. The Balaban J connectivity index is 0.000000222. The summed E-state index contributed by atoms with van der Waals surface area (Å²) in [6, 6.07) is 7.07. The fraction of sp³-hybridized carbons (Fsp3) is 0.758. The van der Waals surface area contributed by atoms with Gasteiger partial charge in [-0.25, -0.2) is 38.4 Å². The van der Waals surface area contributed by atoms with Gasteiger partial charge in [-0.3, -0.25) is 29.2 Å². The number of Topliss-reactive ketones (excluding diaryl/α,β-unsaturated/α-hetero) is 2. The molecule has 1 aromatic carbocycles. The number of benzene rings is 1. The predicted octanol–water partition coefficient (Wildman–Crippen LogP) is 9.71. The first-order valence-corrected chi connectivity index (χ1v) is 32.4. The van der Waals surface area contributed by atoms with Crippen molar-refractivity contribution < 1.29 is 86.2 Å². The van der Waals surface area contributed by atoms with Gasteiger partial charge in [-0.2, -0.15) is 0 Å². The fourth-order valence-corrected chi connectivity index (χ4v) is 11.4. The summed E-state index contributed by atoms with van der Waals surface area (Å²) in [5.74, 6) is -2.46. The van der Waals surface area contributed by atoms with Gasteiger partial charge in [0.25, 0.3) is 0 Å². The zero-order valence-electron chi connectivity index (χ0n) is 55.5. The molecule has 24 heteroatoms. The first-order valence-electron chi connectivity index (χ1n) is 32.4. The summed E-state index contributed by atoms with van der Waals surface area (Å²) in [5, 5.41) is 12.5. The van der Waals surface area contributed by atoms with Crippen LogP contribution in [0.1, 0.15) is 217 Å². The number of aliphatic carboxylic acids is 1. The highest BCUT2D eigenvalue weighted by atomic mass is 16.6. The number of rotatable bonds is 10. The van der Waals surface area contributed by atoms with E-state index >= 15 is 0 Å². The van der Waals surface area contributed by atoms with Gasteiger partial charge < -0.3 is 49.3 Å². The minimum Gasteiger partial charge on any atom is -0.480 e. The topological polar surface area (TPSA) is 307 Å². The highest BCUT2D eigenvalue weighted by Crippen LogP contribution is 2.30. The molecule has 7 aliphatic rings. The van der Waals surface area contributed by atoms with Crippen molar-refractivity contribution in [1.82, 2.24) is 24.9 Å². The van der Waals surface area contributed by atoms with Crippen LogP contribution in [0.2, 0.25) is 0 Å². The van der Waals surface area contributed by atoms with Gasteiger partial charge in [-0.1, -0.05) is 30.3 Å². The van der Waals surface area contributed by atoms with Crippen LogP contribution in [0.25, 0.3) is 0 Å². The Kier molecular flexibility index (Phi) is 27.7. The van der Waals surface area contributed by atoms with Crippen molar-refractivity contribution in [2.75, 3.05) is 26.2 Å². The average Bonchev–Trinajstić information content (AvgIpc) is 1.32. The number of carboxylic acids is 1. The number of carbonyl (C=O) groups excluding carboxylic acids is 9. The van der Waals surface area contributed by atoms with Crippen LogP contribution in [0, 0.1) is 0 Å². The van der Waals surface area contributed by atoms with E-state index < -0.39 is 82.9 Å². The molecule has 3 aliphatic carbocycles. The number of piperidine rings is 4. The number of likely N-dealkylation sites (tertiary alicyclic amines) is 4. The van der Waals surface area contributed by atoms with E-state index in [9.17, 15) is 47.9 Å². The molecule has 6 atom stereocenters. The third-order valence-corrected chi connectivity index (χ3v) is 15.9. The van der Waals surface area contributed by atoms with Crippen molar-refractivity contribution in [2.24, 2.45) is 5.73 Å². The standard InChI is InChI=1S/C23H34N2O4.C16H28N2O4.C16H25NO5.C11H17NO5/c1-23(2,3)29-22(27)25-14-13-18(24-16-17-9-5-4-6-10-17)15-20(25)21(26)28-19-11-7-8-12-19;1-16(2,3)22-15(20)18-9-8-11(17)10-13(18)14(19)21-12-6-4-5-7-12;1-16(2,3)22-15(20)17-9-8-11(18)10-13(17)14(19)21-12-6-4-5-7-12;1-11(2,3)17-10(16)12-5-4-7(13)6-8(12)9(14)15/h4-6,9-10,18-20,24H,7-8,11-16H2,1-3H3;11-13H,4-10,17H2,1-3H3;12-13H,4-10H2,1-3H3;8H,4-6H2,1-3H3,(H,14,15)/t18?,20-;11?,13-;13-;8-/m1111/s1. The first-order chi connectivity index (χ1) is 42.0. The van der Waals surface area contributed by atoms with Gasteiger partial charge in [0.1, 0.15) is 76.4 Å². The summed E-state index contributed by atoms with van der Waals surface area (Å²) >= 11 is 0. The second-order valence-corrected chi connectivity index (χ2v) is 28.5. The van der Waals surface area contributed by atoms with Gasteiger partial charge in [-0.05, 0) is 191 Å². The lowest BCUT2D eigenvalue weighted by atomic mass is 9.97. The molecule has 3 saturated carbocycles. The van der Waals surface area contributed by atoms with E-state index in [4.69, 9.17) is 44.0 Å². The van der Waals surface area contributed by atoms with Crippen LogP contribution in [-0.4, -0.2) is 188 Å². The highest BCUT2D eigenvalue weighted by molar-refractivity contribution is 5.92. The number of carboxylic acid groups (broad SMARTS) is 1. The van der Waals surface area contributed by atoms with Crippen LogP contribution in [0.4, 0.5) is 19.2 Å². The lowest BCUT2D eigenvalue weighted by Crippen LogP contribution is -2.55. The number of nitrogens with two attached hydrogens (primary N) is 1. The van der Waals surface area contributed by atoms with Gasteiger partial charge in [0.05, 0.1) is 0 Å². The van der Waals surface area contributed by atoms with E-state index in [1.807, 2.05) is 59.7 Å². The normalized spacial score (nSPS) is 23.7. The van der Waals surface area contributed by atoms with E-state index in [0.717, 1.165) is 94.9 Å². The maximum atomic E-state index is 13.0. The third kappa shape index (κ3) is 25.6. The molecule has 4 N–H and O–H groups in total. The number of amides is 4. The minimum atomic E-state index is -1.18. The molecule has 24 nitrogen and oxygen atoms in total. The third-order valence-electron chi connectivity index (χ3n) is 15.9. The number of nitrogens with zero attached hydrogens (tertiary/aromatic N) is 4. The molecule has 0 aromatic heterocycles. The Bertz CT molecular complexity index is 2570. The van der Waals surface area contributed by atoms with Crippen molar-refractivity contribution in [2.45, 2.75) is 295 Å². The molecule has 4 amide bonds. The summed E-state index contributed by atoms with van der Waals surface area (Å²) in [6.07, 6.45) is 12.4. The molecule has 0 bridgehead atoms. The van der Waals surface area contributed by atoms with Crippen LogP contribution >= 0.6 is 0 Å². The second kappa shape index (κ2) is 33.7. The van der Waals surface area contributed by atoms with Gasteiger partial charge in [0, 0.05) is 70.5 Å². The summed E-state index contributed by atoms with van der Waals surface area (Å²) in [4.78, 5) is 126. The molecule has 90 heavy (non-hydrogen) atoms. The predicted molar refractivity (Wildman–Crippen MR) is 332 cm³/mol. The van der Waals surface area contributed by atoms with Crippen molar-refractivity contribution in [3.05, 3.63) is 35.9 Å². The monoisotopic (exact) mass is 1270 g/mol. The number of hydrogen-bond donors (Lipinski definition) is 3. The molecule has 506 valence electrons. The van der Waals surface area contributed by atoms with Crippen LogP contribution in [0.3, 0.4) is 0 Å². The quantitative estimate of drug-likeness (QED) is 0.145. The molecule has 0 spiro atoms. The highest BCUT2D eigenvalue weighted by Gasteiger charge is 2.44. The fourth-order valence-electron chi connectivity index (χ4n) is 11.4. The van der Waals surface area contributed by atoms with E-state index in [0.29, 0.717) is 32.4 Å². The number of ether oxygens (including phenoxy) is 7. The maximum absolute atomic E-state index is 13.0. The first kappa shape index (κ1) is 74.2. The summed E-state index contributed by atoms with van der Waals surface area (Å²) in [6.45, 7) is 23.3. The minimum absolute atomic E-state index is 0.00821. The molecule has 2 unspecified atom stereocenters. The van der Waals surface area contributed by atoms with Gasteiger partial charge in [-0.15, -0.1) is 0 Å². The Morgan fingerprint density at radius 1 is 0.467 bits per heavy atom. The van der Waals surface area contributed by atoms with Crippen LogP contribution < -0.4 is 11.1 Å². The number of hydrogen-bond acceptors (Lipinski definition) is 19. The van der Waals surface area contributed by atoms with Gasteiger partial charge in [0.15, 0.2) is 0 Å². The SMILES string of the molecule is CC(C)(C)OC(=O)N1CCC(=O)C[C@@H]1C(=O)O.CC(C)(C)OC(=O)N1CCC(=O)C[C@@H]1C(=O)OC1CCCC1.CC(C)(C)OC(=O)N1CCC(N)C[C@@H]1C(=O)OC1CCCC1.CC(C)(C)OC(=O)N1CCC(NCc2ccccc2)C[C@@H]1C(=O)OC1CCCC1. The lowest BCUT2D eigenvalue weighted by Gasteiger charge is -2.39. The maximum Gasteiger partial charge on any atom is 0.411 e. The van der Waals surface area contributed by atoms with Crippen molar-refractivity contribution in [3.8, 4) is 0 Å². The summed E-state index contributed by atoms with van der Waals surface area (Å²) in [5.41, 5.74) is 4.67. The van der Waals surface area contributed by atoms with Crippen LogP contribution in [-0.2, 0) is 68.5 Å². The van der Waals surface area contributed by atoms with E-state index in [-0.39, 0.29) is 92.7 Å². The van der Waals surface area contributed by atoms with Crippen LogP contribution in [0.15, 0.2) is 30.3 Å². The molecule has 0 radical (unpaired) electrons. The molecular weight excluding hydrogens is 1160 g/mol. The van der Waals surface area contributed by atoms with Crippen molar-refractivity contribution in [3.63, 3.8) is 0 Å². The molecule has 8 rings (SSSR count). The second-order valence-electron chi connectivity index (χ2n) is 28.5. The van der Waals surface area contributed by atoms with Crippen LogP contribution in [0.5, 0.6) is 0 Å². The molecule has 7 fully saturated rings. The van der Waals surface area contributed by atoms with E-state index in [2.05, 4.69) is 17.4 Å². The molecule has 1 aromatic rings. The Morgan fingerprint density at radius 3 is 1.18 bits per heavy atom. The Morgan fingerprint density at radius 2 is 0.800 bits per heavy atom.